The molecule has 1 heterocycles. The molecule has 1 aliphatic carbocycles. The van der Waals surface area contributed by atoms with Crippen molar-refractivity contribution in [1.82, 2.24) is 14.8 Å². The van der Waals surface area contributed by atoms with Crippen molar-refractivity contribution in [3.8, 4) is 0 Å². The van der Waals surface area contributed by atoms with Gasteiger partial charge in [0.15, 0.2) is 0 Å². The van der Waals surface area contributed by atoms with Crippen molar-refractivity contribution >= 4 is 11.9 Å². The van der Waals surface area contributed by atoms with Crippen molar-refractivity contribution in [1.29, 1.82) is 0 Å². The zero-order valence-corrected chi connectivity index (χ0v) is 13.5. The molecule has 5 nitrogen and oxygen atoms in total. The summed E-state index contributed by atoms with van der Waals surface area (Å²) in [5, 5.41) is 6.56. The molecule has 2 atom stereocenters. The summed E-state index contributed by atoms with van der Waals surface area (Å²) < 4.78 is 40.9. The van der Waals surface area contributed by atoms with Gasteiger partial charge in [0.1, 0.15) is 6.33 Å². The van der Waals surface area contributed by atoms with Gasteiger partial charge in [-0.05, 0) is 18.4 Å². The number of benzene rings is 1. The van der Waals surface area contributed by atoms with E-state index in [4.69, 9.17) is 0 Å². The third-order valence-electron chi connectivity index (χ3n) is 4.48. The van der Waals surface area contributed by atoms with Crippen LogP contribution in [0.2, 0.25) is 0 Å². The lowest BCUT2D eigenvalue weighted by Gasteiger charge is -2.31. The average Bonchev–Trinajstić information content (AvgIpc) is 3.02. The molecule has 0 bridgehead atoms. The summed E-state index contributed by atoms with van der Waals surface area (Å²) in [6.45, 7) is 0.471. The van der Waals surface area contributed by atoms with E-state index in [2.05, 4.69) is 15.4 Å². The highest BCUT2D eigenvalue weighted by Gasteiger charge is 2.48. The predicted molar refractivity (Wildman–Crippen MR) is 85.7 cm³/mol. The van der Waals surface area contributed by atoms with Crippen LogP contribution in [0.1, 0.15) is 31.2 Å². The monoisotopic (exact) mass is 352 g/mol. The van der Waals surface area contributed by atoms with E-state index in [0.717, 1.165) is 5.56 Å². The quantitative estimate of drug-likeness (QED) is 0.914. The number of nitrogens with one attached hydrogen (secondary N) is 1. The Morgan fingerprint density at radius 2 is 1.92 bits per heavy atom. The molecule has 0 radical (unpaired) electrons. The van der Waals surface area contributed by atoms with Crippen LogP contribution in [0.25, 0.3) is 0 Å². The molecular formula is C17H19F3N4O. The molecule has 1 aliphatic rings. The standard InChI is InChI=1S/C17H19F3N4O/c18-17(19,20)14-9-5-4-8-13(14)15(25)22-16-21-11-24(23-16)10-12-6-2-1-3-7-12/h1-3,6-7,11,13-14H,4-5,8-10H2,(H,22,23,25)/t13-,14-/m1/s1. The SMILES string of the molecule is O=C(Nc1ncn(Cc2ccccc2)n1)[C@@H]1CCCC[C@H]1C(F)(F)F. The molecule has 1 saturated carbocycles. The number of anilines is 1. The number of halogens is 3. The summed E-state index contributed by atoms with van der Waals surface area (Å²) >= 11 is 0. The van der Waals surface area contributed by atoms with Gasteiger partial charge < -0.3 is 0 Å². The van der Waals surface area contributed by atoms with Crippen LogP contribution >= 0.6 is 0 Å². The van der Waals surface area contributed by atoms with Crippen LogP contribution in [0.3, 0.4) is 0 Å². The summed E-state index contributed by atoms with van der Waals surface area (Å²) in [7, 11) is 0. The van der Waals surface area contributed by atoms with Crippen LogP contribution in [0.15, 0.2) is 36.7 Å². The Morgan fingerprint density at radius 3 is 2.64 bits per heavy atom. The van der Waals surface area contributed by atoms with E-state index < -0.39 is 23.9 Å². The van der Waals surface area contributed by atoms with E-state index in [1.54, 1.807) is 0 Å². The topological polar surface area (TPSA) is 59.8 Å². The summed E-state index contributed by atoms with van der Waals surface area (Å²) in [4.78, 5) is 16.3. The van der Waals surface area contributed by atoms with E-state index in [-0.39, 0.29) is 18.8 Å². The van der Waals surface area contributed by atoms with E-state index in [1.807, 2.05) is 30.3 Å². The molecule has 1 aromatic carbocycles. The summed E-state index contributed by atoms with van der Waals surface area (Å²) in [6, 6.07) is 9.55. The lowest BCUT2D eigenvalue weighted by Crippen LogP contribution is -2.39. The van der Waals surface area contributed by atoms with Crippen LogP contribution in [0.4, 0.5) is 19.1 Å². The Labute approximate surface area is 143 Å². The molecule has 1 N–H and O–H groups in total. The predicted octanol–water partition coefficient (Wildman–Crippen LogP) is 3.63. The van der Waals surface area contributed by atoms with Crippen LogP contribution in [0.5, 0.6) is 0 Å². The molecule has 2 aromatic rings. The Morgan fingerprint density at radius 1 is 1.20 bits per heavy atom. The van der Waals surface area contributed by atoms with Crippen LogP contribution in [-0.4, -0.2) is 26.8 Å². The molecule has 0 saturated heterocycles. The van der Waals surface area contributed by atoms with Crippen molar-refractivity contribution in [2.75, 3.05) is 5.32 Å². The number of rotatable bonds is 4. The summed E-state index contributed by atoms with van der Waals surface area (Å²) in [5.41, 5.74) is 1.01. The first kappa shape index (κ1) is 17.4. The second-order valence-electron chi connectivity index (χ2n) is 6.28. The van der Waals surface area contributed by atoms with Gasteiger partial charge in [0, 0.05) is 5.92 Å². The minimum absolute atomic E-state index is 0.00252. The Kier molecular flexibility index (Phi) is 5.06. The Balaban J connectivity index is 1.64. The number of hydrogen-bond donors (Lipinski definition) is 1. The lowest BCUT2D eigenvalue weighted by atomic mass is 9.78. The van der Waals surface area contributed by atoms with Crippen molar-refractivity contribution in [3.05, 3.63) is 42.2 Å². The third-order valence-corrected chi connectivity index (χ3v) is 4.48. The maximum absolute atomic E-state index is 13.1. The number of nitrogens with zero attached hydrogens (tertiary/aromatic N) is 3. The van der Waals surface area contributed by atoms with Crippen molar-refractivity contribution in [2.45, 2.75) is 38.4 Å². The van der Waals surface area contributed by atoms with Crippen molar-refractivity contribution in [3.63, 3.8) is 0 Å². The normalized spacial score (nSPS) is 21.1. The van der Waals surface area contributed by atoms with E-state index in [0.29, 0.717) is 19.4 Å². The molecule has 1 amide bonds. The molecule has 134 valence electrons. The maximum Gasteiger partial charge on any atom is 0.392 e. The maximum atomic E-state index is 13.1. The van der Waals surface area contributed by atoms with Gasteiger partial charge in [0.05, 0.1) is 12.5 Å². The first-order valence-electron chi connectivity index (χ1n) is 8.24. The van der Waals surface area contributed by atoms with Crippen LogP contribution < -0.4 is 5.32 Å². The van der Waals surface area contributed by atoms with Gasteiger partial charge in [-0.1, -0.05) is 43.2 Å². The number of carbonyl (C=O) groups is 1. The molecule has 8 heteroatoms. The van der Waals surface area contributed by atoms with E-state index in [1.165, 1.54) is 11.0 Å². The van der Waals surface area contributed by atoms with Gasteiger partial charge in [0.2, 0.25) is 11.9 Å². The number of amides is 1. The molecule has 0 spiro atoms. The Bertz CT molecular complexity index is 714. The molecule has 1 aromatic heterocycles. The van der Waals surface area contributed by atoms with Gasteiger partial charge in [-0.3, -0.25) is 10.1 Å². The zero-order chi connectivity index (χ0) is 17.9. The lowest BCUT2D eigenvalue weighted by molar-refractivity contribution is -0.197. The highest BCUT2D eigenvalue weighted by atomic mass is 19.4. The van der Waals surface area contributed by atoms with E-state index in [9.17, 15) is 18.0 Å². The van der Waals surface area contributed by atoms with Gasteiger partial charge in [-0.15, -0.1) is 5.10 Å². The fourth-order valence-corrected chi connectivity index (χ4v) is 3.24. The van der Waals surface area contributed by atoms with Gasteiger partial charge in [-0.2, -0.15) is 13.2 Å². The smallest absolute Gasteiger partial charge is 0.293 e. The van der Waals surface area contributed by atoms with E-state index >= 15 is 0 Å². The molecule has 3 rings (SSSR count). The fraction of sp³-hybridized carbons (Fsp3) is 0.471. The summed E-state index contributed by atoms with van der Waals surface area (Å²) in [5.74, 6) is -3.28. The minimum atomic E-state index is -4.36. The van der Waals surface area contributed by atoms with Gasteiger partial charge in [0.25, 0.3) is 0 Å². The molecule has 0 aliphatic heterocycles. The molecule has 0 unspecified atom stereocenters. The number of carbonyl (C=O) groups excluding carboxylic acids is 1. The zero-order valence-electron chi connectivity index (χ0n) is 13.5. The minimum Gasteiger partial charge on any atom is -0.293 e. The van der Waals surface area contributed by atoms with Crippen LogP contribution in [-0.2, 0) is 11.3 Å². The van der Waals surface area contributed by atoms with Crippen molar-refractivity contribution < 1.29 is 18.0 Å². The van der Waals surface area contributed by atoms with Gasteiger partial charge >= 0.3 is 6.18 Å². The van der Waals surface area contributed by atoms with Crippen molar-refractivity contribution in [2.24, 2.45) is 11.8 Å². The summed E-state index contributed by atoms with van der Waals surface area (Å²) in [6.07, 6.45) is -1.55. The fourth-order valence-electron chi connectivity index (χ4n) is 3.24. The highest BCUT2D eigenvalue weighted by Crippen LogP contribution is 2.41. The van der Waals surface area contributed by atoms with Crippen LogP contribution in [0, 0.1) is 11.8 Å². The number of hydrogen-bond acceptors (Lipinski definition) is 3. The van der Waals surface area contributed by atoms with Gasteiger partial charge in [-0.25, -0.2) is 9.67 Å². The first-order chi connectivity index (χ1) is 11.9. The molecule has 25 heavy (non-hydrogen) atoms. The molecular weight excluding hydrogens is 333 g/mol. The second-order valence-corrected chi connectivity index (χ2v) is 6.28. The largest absolute Gasteiger partial charge is 0.392 e. The number of aromatic nitrogens is 3. The second kappa shape index (κ2) is 7.25. The highest BCUT2D eigenvalue weighted by molar-refractivity contribution is 5.91. The number of alkyl halides is 3. The molecule has 1 fully saturated rings. The third kappa shape index (κ3) is 4.37. The Hall–Kier alpha value is -2.38. The first-order valence-corrected chi connectivity index (χ1v) is 8.24. The average molecular weight is 352 g/mol.